The highest BCUT2D eigenvalue weighted by Crippen LogP contribution is 2.32. The Balaban J connectivity index is 2.31. The zero-order chi connectivity index (χ0) is 9.84. The van der Waals surface area contributed by atoms with Gasteiger partial charge in [0.2, 0.25) is 0 Å². The van der Waals surface area contributed by atoms with Crippen LogP contribution in [0, 0.1) is 11.8 Å². The average Bonchev–Trinajstić information content (AvgIpc) is 2.04. The highest BCUT2D eigenvalue weighted by molar-refractivity contribution is 5.04. The molecule has 0 aliphatic heterocycles. The third-order valence-electron chi connectivity index (χ3n) is 3.11. The molecule has 0 aromatic carbocycles. The van der Waals surface area contributed by atoms with Gasteiger partial charge in [-0.3, -0.25) is 0 Å². The highest BCUT2D eigenvalue weighted by atomic mass is 15.0. The van der Waals surface area contributed by atoms with Crippen molar-refractivity contribution in [3.8, 4) is 0 Å². The maximum atomic E-state index is 4.20. The van der Waals surface area contributed by atoms with Gasteiger partial charge in [-0.25, -0.2) is 0 Å². The molecule has 0 aromatic rings. The van der Waals surface area contributed by atoms with Crippen LogP contribution in [0.1, 0.15) is 32.6 Å². The maximum Gasteiger partial charge on any atom is 0.0186 e. The zero-order valence-electron chi connectivity index (χ0n) is 9.34. The molecule has 0 aromatic heterocycles. The standard InChI is InChI=1S/C12H23N/c1-10-5-7-12(8-6-10)11(2)9-13(3)4/h10,12H,2,5-9H2,1,3-4H3. The van der Waals surface area contributed by atoms with E-state index in [9.17, 15) is 0 Å². The summed E-state index contributed by atoms with van der Waals surface area (Å²) in [4.78, 5) is 2.22. The normalized spacial score (nSPS) is 29.2. The highest BCUT2D eigenvalue weighted by Gasteiger charge is 2.20. The molecule has 0 N–H and O–H groups in total. The van der Waals surface area contributed by atoms with Crippen molar-refractivity contribution in [2.45, 2.75) is 32.6 Å². The van der Waals surface area contributed by atoms with E-state index in [-0.39, 0.29) is 0 Å². The third kappa shape index (κ3) is 3.51. The summed E-state index contributed by atoms with van der Waals surface area (Å²) in [6.45, 7) is 7.64. The molecule has 1 aliphatic rings. The molecule has 0 amide bonds. The van der Waals surface area contributed by atoms with Gasteiger partial charge in [-0.15, -0.1) is 0 Å². The third-order valence-corrected chi connectivity index (χ3v) is 3.11. The molecule has 1 rings (SSSR count). The second-order valence-electron chi connectivity index (χ2n) is 4.85. The molecule has 0 heterocycles. The van der Waals surface area contributed by atoms with E-state index < -0.39 is 0 Å². The largest absolute Gasteiger partial charge is 0.305 e. The van der Waals surface area contributed by atoms with Crippen LogP contribution in [0.4, 0.5) is 0 Å². The van der Waals surface area contributed by atoms with Crippen molar-refractivity contribution >= 4 is 0 Å². The van der Waals surface area contributed by atoms with Crippen LogP contribution in [0.15, 0.2) is 12.2 Å². The van der Waals surface area contributed by atoms with Crippen molar-refractivity contribution in [3.63, 3.8) is 0 Å². The lowest BCUT2D eigenvalue weighted by Gasteiger charge is -2.28. The van der Waals surface area contributed by atoms with E-state index in [1.165, 1.54) is 31.3 Å². The van der Waals surface area contributed by atoms with Gasteiger partial charge in [0.25, 0.3) is 0 Å². The minimum Gasteiger partial charge on any atom is -0.305 e. The average molecular weight is 181 g/mol. The molecule has 1 fully saturated rings. The summed E-state index contributed by atoms with van der Waals surface area (Å²) in [5.74, 6) is 1.75. The number of likely N-dealkylation sites (N-methyl/N-ethyl adjacent to an activating group) is 1. The Morgan fingerprint density at radius 3 is 2.23 bits per heavy atom. The Bertz CT molecular complexity index is 164. The molecule has 0 saturated heterocycles. The van der Waals surface area contributed by atoms with E-state index >= 15 is 0 Å². The Morgan fingerprint density at radius 2 is 1.77 bits per heavy atom. The predicted octanol–water partition coefficient (Wildman–Crippen LogP) is 2.93. The van der Waals surface area contributed by atoms with Gasteiger partial charge in [-0.05, 0) is 38.8 Å². The second kappa shape index (κ2) is 4.80. The molecule has 0 bridgehead atoms. The fourth-order valence-corrected chi connectivity index (χ4v) is 2.20. The lowest BCUT2D eigenvalue weighted by molar-refractivity contribution is 0.304. The van der Waals surface area contributed by atoms with E-state index in [0.717, 1.165) is 18.4 Å². The number of nitrogens with zero attached hydrogens (tertiary/aromatic N) is 1. The number of rotatable bonds is 3. The molecule has 1 saturated carbocycles. The van der Waals surface area contributed by atoms with Crippen LogP contribution in [-0.4, -0.2) is 25.5 Å². The topological polar surface area (TPSA) is 3.24 Å². The Labute approximate surface area is 82.8 Å². The van der Waals surface area contributed by atoms with E-state index in [1.807, 2.05) is 0 Å². The second-order valence-corrected chi connectivity index (χ2v) is 4.85. The molecule has 1 aliphatic carbocycles. The summed E-state index contributed by atoms with van der Waals surface area (Å²) < 4.78 is 0. The van der Waals surface area contributed by atoms with E-state index in [2.05, 4.69) is 32.5 Å². The first-order chi connectivity index (χ1) is 6.09. The van der Waals surface area contributed by atoms with Crippen molar-refractivity contribution < 1.29 is 0 Å². The van der Waals surface area contributed by atoms with Crippen LogP contribution in [0.3, 0.4) is 0 Å². The van der Waals surface area contributed by atoms with Gasteiger partial charge in [0.15, 0.2) is 0 Å². The van der Waals surface area contributed by atoms with Crippen LogP contribution in [0.2, 0.25) is 0 Å². The molecule has 1 heteroatoms. The minimum atomic E-state index is 0.804. The summed E-state index contributed by atoms with van der Waals surface area (Å²) >= 11 is 0. The first-order valence-corrected chi connectivity index (χ1v) is 5.42. The van der Waals surface area contributed by atoms with Gasteiger partial charge in [-0.1, -0.05) is 31.9 Å². The van der Waals surface area contributed by atoms with Gasteiger partial charge in [0.1, 0.15) is 0 Å². The molecular weight excluding hydrogens is 158 g/mol. The SMILES string of the molecule is C=C(CN(C)C)C1CCC(C)CC1. The maximum absolute atomic E-state index is 4.20. The summed E-state index contributed by atoms with van der Waals surface area (Å²) in [5.41, 5.74) is 1.44. The lowest BCUT2D eigenvalue weighted by Crippen LogP contribution is -2.22. The van der Waals surface area contributed by atoms with Gasteiger partial charge in [-0.2, -0.15) is 0 Å². The van der Waals surface area contributed by atoms with E-state index in [0.29, 0.717) is 0 Å². The predicted molar refractivity (Wildman–Crippen MR) is 58.8 cm³/mol. The molecular formula is C12H23N. The minimum absolute atomic E-state index is 0.804. The summed E-state index contributed by atoms with van der Waals surface area (Å²) in [7, 11) is 4.24. The van der Waals surface area contributed by atoms with Crippen LogP contribution in [-0.2, 0) is 0 Å². The first-order valence-electron chi connectivity index (χ1n) is 5.42. The number of hydrogen-bond donors (Lipinski definition) is 0. The van der Waals surface area contributed by atoms with Crippen LogP contribution in [0.5, 0.6) is 0 Å². The van der Waals surface area contributed by atoms with Crippen molar-refractivity contribution in [2.75, 3.05) is 20.6 Å². The molecule has 0 atom stereocenters. The molecule has 0 unspecified atom stereocenters. The van der Waals surface area contributed by atoms with Crippen molar-refractivity contribution in [3.05, 3.63) is 12.2 Å². The van der Waals surface area contributed by atoms with Crippen molar-refractivity contribution in [1.82, 2.24) is 4.90 Å². The van der Waals surface area contributed by atoms with Gasteiger partial charge >= 0.3 is 0 Å². The van der Waals surface area contributed by atoms with Crippen molar-refractivity contribution in [1.29, 1.82) is 0 Å². The van der Waals surface area contributed by atoms with E-state index in [1.54, 1.807) is 0 Å². The molecule has 0 radical (unpaired) electrons. The van der Waals surface area contributed by atoms with Gasteiger partial charge < -0.3 is 4.90 Å². The Morgan fingerprint density at radius 1 is 1.23 bits per heavy atom. The Hall–Kier alpha value is -0.300. The smallest absolute Gasteiger partial charge is 0.0186 e. The van der Waals surface area contributed by atoms with E-state index in [4.69, 9.17) is 0 Å². The fraction of sp³-hybridized carbons (Fsp3) is 0.833. The van der Waals surface area contributed by atoms with Crippen LogP contribution < -0.4 is 0 Å². The van der Waals surface area contributed by atoms with Gasteiger partial charge in [0.05, 0.1) is 0 Å². The molecule has 76 valence electrons. The lowest BCUT2D eigenvalue weighted by atomic mass is 9.79. The van der Waals surface area contributed by atoms with Gasteiger partial charge in [0, 0.05) is 6.54 Å². The summed E-state index contributed by atoms with van der Waals surface area (Å²) in [5, 5.41) is 0. The summed E-state index contributed by atoms with van der Waals surface area (Å²) in [6, 6.07) is 0. The molecule has 1 nitrogen and oxygen atoms in total. The Kier molecular flexibility index (Phi) is 3.98. The summed E-state index contributed by atoms with van der Waals surface area (Å²) in [6.07, 6.45) is 5.54. The van der Waals surface area contributed by atoms with Crippen LogP contribution in [0.25, 0.3) is 0 Å². The number of hydrogen-bond acceptors (Lipinski definition) is 1. The molecule has 0 spiro atoms. The van der Waals surface area contributed by atoms with Crippen molar-refractivity contribution in [2.24, 2.45) is 11.8 Å². The monoisotopic (exact) mass is 181 g/mol. The molecule has 13 heavy (non-hydrogen) atoms. The van der Waals surface area contributed by atoms with Crippen LogP contribution >= 0.6 is 0 Å². The quantitative estimate of drug-likeness (QED) is 0.605. The first kappa shape index (κ1) is 10.8. The fourth-order valence-electron chi connectivity index (χ4n) is 2.20. The zero-order valence-corrected chi connectivity index (χ0v) is 9.34.